The van der Waals surface area contributed by atoms with E-state index in [-0.39, 0.29) is 17.2 Å². The van der Waals surface area contributed by atoms with E-state index in [9.17, 15) is 22.4 Å². The van der Waals surface area contributed by atoms with Crippen molar-refractivity contribution in [1.29, 1.82) is 0 Å². The molecule has 4 heterocycles. The fourth-order valence-electron chi connectivity index (χ4n) is 4.92. The van der Waals surface area contributed by atoms with Gasteiger partial charge in [-0.3, -0.25) is 9.55 Å². The van der Waals surface area contributed by atoms with Crippen LogP contribution in [0.5, 0.6) is 0 Å². The minimum absolute atomic E-state index is 0.0667. The Bertz CT molecular complexity index is 1510. The van der Waals surface area contributed by atoms with Crippen LogP contribution in [0, 0.1) is 5.82 Å². The number of alkyl halides is 3. The molecule has 0 radical (unpaired) electrons. The van der Waals surface area contributed by atoms with Crippen LogP contribution in [0.1, 0.15) is 30.1 Å². The summed E-state index contributed by atoms with van der Waals surface area (Å²) < 4.78 is 57.3. The standard InChI is InChI=1S/C25H28F4N8O/c1-34(2)10-11-37-13-19(16-4-5-18(26)17(12-16)25(27,28)29)32-22(37)15-6-8-36(9-7-15)23-20-21(30-14-31-23)33-24(38)35(20)3/h4-5,12-15H,6-11H2,1-3H3,(H,30,31,33,38). The molecule has 0 amide bonds. The first-order valence-corrected chi connectivity index (χ1v) is 12.3. The van der Waals surface area contributed by atoms with E-state index >= 15 is 0 Å². The lowest BCUT2D eigenvalue weighted by Crippen LogP contribution is -2.35. The number of nitrogens with zero attached hydrogens (tertiary/aromatic N) is 7. The Labute approximate surface area is 215 Å². The number of fused-ring (bicyclic) bond motifs is 1. The molecule has 0 atom stereocenters. The number of benzene rings is 1. The van der Waals surface area contributed by atoms with Gasteiger partial charge in [-0.25, -0.2) is 24.1 Å². The number of aromatic amines is 1. The smallest absolute Gasteiger partial charge is 0.355 e. The van der Waals surface area contributed by atoms with Gasteiger partial charge in [-0.2, -0.15) is 13.2 Å². The molecule has 38 heavy (non-hydrogen) atoms. The van der Waals surface area contributed by atoms with Crippen molar-refractivity contribution in [2.45, 2.75) is 31.5 Å². The lowest BCUT2D eigenvalue weighted by atomic mass is 9.95. The van der Waals surface area contributed by atoms with Crippen LogP contribution in [-0.4, -0.2) is 67.7 Å². The molecule has 0 spiro atoms. The molecule has 9 nitrogen and oxygen atoms in total. The summed E-state index contributed by atoms with van der Waals surface area (Å²) in [5.41, 5.74) is 0.155. The minimum atomic E-state index is -4.79. The predicted molar refractivity (Wildman–Crippen MR) is 134 cm³/mol. The summed E-state index contributed by atoms with van der Waals surface area (Å²) in [4.78, 5) is 32.3. The maximum Gasteiger partial charge on any atom is 0.419 e. The van der Waals surface area contributed by atoms with Crippen LogP contribution in [0.4, 0.5) is 23.4 Å². The zero-order valence-corrected chi connectivity index (χ0v) is 21.3. The van der Waals surface area contributed by atoms with Crippen molar-refractivity contribution < 1.29 is 17.6 Å². The maximum absolute atomic E-state index is 13.9. The van der Waals surface area contributed by atoms with Crippen molar-refractivity contribution in [2.75, 3.05) is 38.6 Å². The molecule has 4 aromatic rings. The van der Waals surface area contributed by atoms with Gasteiger partial charge < -0.3 is 14.4 Å². The highest BCUT2D eigenvalue weighted by Crippen LogP contribution is 2.36. The van der Waals surface area contributed by atoms with Gasteiger partial charge in [-0.05, 0) is 45.1 Å². The first-order valence-electron chi connectivity index (χ1n) is 12.3. The summed E-state index contributed by atoms with van der Waals surface area (Å²) >= 11 is 0. The van der Waals surface area contributed by atoms with E-state index in [0.29, 0.717) is 42.3 Å². The SMILES string of the molecule is CN(C)CCn1cc(-c2ccc(F)c(C(F)(F)F)c2)nc1C1CCN(c2ncnc3[nH]c(=O)n(C)c23)CC1. The van der Waals surface area contributed by atoms with Gasteiger partial charge in [0.1, 0.15) is 23.5 Å². The third kappa shape index (κ3) is 4.89. The molecular weight excluding hydrogens is 504 g/mol. The Hall–Kier alpha value is -3.74. The molecule has 13 heteroatoms. The zero-order chi connectivity index (χ0) is 27.2. The molecular formula is C25H28F4N8O. The van der Waals surface area contributed by atoms with E-state index < -0.39 is 17.6 Å². The van der Waals surface area contributed by atoms with Crippen LogP contribution >= 0.6 is 0 Å². The molecule has 0 unspecified atom stereocenters. The number of rotatable bonds is 6. The first kappa shape index (κ1) is 25.9. The fraction of sp³-hybridized carbons (Fsp3) is 0.440. The van der Waals surface area contributed by atoms with Gasteiger partial charge >= 0.3 is 11.9 Å². The number of likely N-dealkylation sites (N-methyl/N-ethyl adjacent to an activating group) is 1. The Balaban J connectivity index is 1.43. The lowest BCUT2D eigenvalue weighted by molar-refractivity contribution is -0.139. The van der Waals surface area contributed by atoms with Crippen LogP contribution in [0.25, 0.3) is 22.4 Å². The number of hydrogen-bond acceptors (Lipinski definition) is 6. The Morgan fingerprint density at radius 1 is 1.16 bits per heavy atom. The van der Waals surface area contributed by atoms with Gasteiger partial charge in [0.25, 0.3) is 0 Å². The highest BCUT2D eigenvalue weighted by atomic mass is 19.4. The largest absolute Gasteiger partial charge is 0.419 e. The number of aryl methyl sites for hydroxylation is 1. The maximum atomic E-state index is 13.9. The molecule has 1 N–H and O–H groups in total. The molecule has 3 aromatic heterocycles. The molecule has 5 rings (SSSR count). The second kappa shape index (κ2) is 9.86. The molecule has 1 aliphatic rings. The summed E-state index contributed by atoms with van der Waals surface area (Å²) in [5, 5.41) is 0. The molecule has 0 saturated carbocycles. The van der Waals surface area contributed by atoms with Crippen molar-refractivity contribution in [3.8, 4) is 11.3 Å². The van der Waals surface area contributed by atoms with Gasteiger partial charge in [0, 0.05) is 50.9 Å². The third-order valence-electron chi connectivity index (χ3n) is 6.99. The van der Waals surface area contributed by atoms with Gasteiger partial charge in [-0.1, -0.05) is 0 Å². The van der Waals surface area contributed by atoms with E-state index in [0.717, 1.165) is 37.3 Å². The van der Waals surface area contributed by atoms with Gasteiger partial charge in [0.15, 0.2) is 11.5 Å². The molecule has 1 saturated heterocycles. The van der Waals surface area contributed by atoms with Gasteiger partial charge in [-0.15, -0.1) is 0 Å². The average Bonchev–Trinajstić information content (AvgIpc) is 3.43. The molecule has 1 aromatic carbocycles. The van der Waals surface area contributed by atoms with E-state index in [4.69, 9.17) is 4.98 Å². The summed E-state index contributed by atoms with van der Waals surface area (Å²) in [6.07, 6.45) is -0.141. The molecule has 0 bridgehead atoms. The van der Waals surface area contributed by atoms with Gasteiger partial charge in [0.05, 0.1) is 11.3 Å². The number of aromatic nitrogens is 6. The summed E-state index contributed by atoms with van der Waals surface area (Å²) in [6, 6.07) is 2.99. The molecule has 0 aliphatic carbocycles. The van der Waals surface area contributed by atoms with Crippen molar-refractivity contribution in [3.63, 3.8) is 0 Å². The van der Waals surface area contributed by atoms with Crippen molar-refractivity contribution >= 4 is 17.0 Å². The molecule has 1 aliphatic heterocycles. The van der Waals surface area contributed by atoms with E-state index in [2.05, 4.69) is 19.9 Å². The van der Waals surface area contributed by atoms with Crippen LogP contribution in [0.15, 0.2) is 35.5 Å². The second-order valence-corrected chi connectivity index (χ2v) is 9.82. The van der Waals surface area contributed by atoms with Crippen LogP contribution < -0.4 is 10.6 Å². The monoisotopic (exact) mass is 532 g/mol. The highest BCUT2D eigenvalue weighted by Gasteiger charge is 2.35. The normalized spacial score (nSPS) is 15.2. The molecule has 202 valence electrons. The zero-order valence-electron chi connectivity index (χ0n) is 21.3. The number of halogens is 4. The summed E-state index contributed by atoms with van der Waals surface area (Å²) in [5.74, 6) is 0.231. The average molecular weight is 533 g/mol. The summed E-state index contributed by atoms with van der Waals surface area (Å²) in [6.45, 7) is 2.64. The van der Waals surface area contributed by atoms with Gasteiger partial charge in [0.2, 0.25) is 0 Å². The van der Waals surface area contributed by atoms with E-state index in [1.807, 2.05) is 23.6 Å². The van der Waals surface area contributed by atoms with Crippen molar-refractivity contribution in [1.82, 2.24) is 34.0 Å². The molecule has 1 fully saturated rings. The van der Waals surface area contributed by atoms with Crippen molar-refractivity contribution in [3.05, 3.63) is 58.4 Å². The third-order valence-corrected chi connectivity index (χ3v) is 6.99. The van der Waals surface area contributed by atoms with Crippen LogP contribution in [0.3, 0.4) is 0 Å². The Morgan fingerprint density at radius 2 is 1.89 bits per heavy atom. The fourth-order valence-corrected chi connectivity index (χ4v) is 4.92. The number of piperidine rings is 1. The van der Waals surface area contributed by atoms with Crippen LogP contribution in [0.2, 0.25) is 0 Å². The van der Waals surface area contributed by atoms with E-state index in [1.165, 1.54) is 17.0 Å². The van der Waals surface area contributed by atoms with E-state index in [1.54, 1.807) is 13.2 Å². The Kier molecular flexibility index (Phi) is 6.72. The number of imidazole rings is 2. The number of hydrogen-bond donors (Lipinski definition) is 1. The first-order chi connectivity index (χ1) is 18.0. The topological polar surface area (TPSA) is 87.9 Å². The lowest BCUT2D eigenvalue weighted by Gasteiger charge is -2.33. The predicted octanol–water partition coefficient (Wildman–Crippen LogP) is 3.62. The number of nitrogens with one attached hydrogen (secondary N) is 1. The van der Waals surface area contributed by atoms with Crippen LogP contribution in [-0.2, 0) is 19.8 Å². The minimum Gasteiger partial charge on any atom is -0.355 e. The number of H-pyrrole nitrogens is 1. The summed E-state index contributed by atoms with van der Waals surface area (Å²) in [7, 11) is 5.56. The quantitative estimate of drug-likeness (QED) is 0.382. The second-order valence-electron chi connectivity index (χ2n) is 9.82. The highest BCUT2D eigenvalue weighted by molar-refractivity contribution is 5.83. The Morgan fingerprint density at radius 3 is 2.58 bits per heavy atom. The number of anilines is 1. The van der Waals surface area contributed by atoms with Crippen molar-refractivity contribution in [2.24, 2.45) is 7.05 Å².